The lowest BCUT2D eigenvalue weighted by Crippen LogP contribution is -2.14. The number of nitrogens with one attached hydrogen (secondary N) is 1. The van der Waals surface area contributed by atoms with Gasteiger partial charge in [-0.1, -0.05) is 6.07 Å². The number of methoxy groups -OCH3 is 3. The molecule has 2 rings (SSSR count). The Morgan fingerprint density at radius 3 is 2.36 bits per heavy atom. The van der Waals surface area contributed by atoms with E-state index in [2.05, 4.69) is 5.32 Å². The van der Waals surface area contributed by atoms with Gasteiger partial charge in [-0.2, -0.15) is 5.26 Å². The fourth-order valence-electron chi connectivity index (χ4n) is 2.47. The first-order chi connectivity index (χ1) is 13.4. The molecule has 0 spiro atoms. The fraction of sp³-hybridized carbons (Fsp3) is 0.150. The van der Waals surface area contributed by atoms with Crippen LogP contribution in [-0.4, -0.2) is 38.3 Å². The standard InChI is InChI=1S/C20H18N2O6/c1-26-16-8-7-12(17(27-2)18(16)28-3)9-14(11-21)19(23)22-15-6-4-5-13(10-15)20(24)25/h4-10H,1-3H3,(H,22,23)(H,24,25)/b14-9-. The first kappa shape index (κ1) is 20.3. The summed E-state index contributed by atoms with van der Waals surface area (Å²) in [4.78, 5) is 23.5. The number of rotatable bonds is 7. The highest BCUT2D eigenvalue weighted by molar-refractivity contribution is 6.10. The number of benzene rings is 2. The van der Waals surface area contributed by atoms with Crippen molar-refractivity contribution in [3.05, 3.63) is 53.1 Å². The van der Waals surface area contributed by atoms with Crippen molar-refractivity contribution in [2.24, 2.45) is 0 Å². The van der Waals surface area contributed by atoms with Crippen LogP contribution in [0.25, 0.3) is 6.08 Å². The molecule has 2 aromatic carbocycles. The number of carbonyl (C=O) groups excluding carboxylic acids is 1. The third kappa shape index (κ3) is 4.40. The van der Waals surface area contributed by atoms with E-state index in [1.807, 2.05) is 6.07 Å². The summed E-state index contributed by atoms with van der Waals surface area (Å²) in [5.41, 5.74) is 0.504. The van der Waals surface area contributed by atoms with Gasteiger partial charge in [0.1, 0.15) is 11.6 Å². The lowest BCUT2D eigenvalue weighted by Gasteiger charge is -2.14. The fourth-order valence-corrected chi connectivity index (χ4v) is 2.47. The van der Waals surface area contributed by atoms with Gasteiger partial charge in [0.25, 0.3) is 5.91 Å². The van der Waals surface area contributed by atoms with Gasteiger partial charge in [-0.3, -0.25) is 4.79 Å². The van der Waals surface area contributed by atoms with Crippen molar-refractivity contribution < 1.29 is 28.9 Å². The number of nitriles is 1. The Morgan fingerprint density at radius 1 is 1.07 bits per heavy atom. The molecule has 8 nitrogen and oxygen atoms in total. The van der Waals surface area contributed by atoms with E-state index >= 15 is 0 Å². The van der Waals surface area contributed by atoms with Crippen molar-refractivity contribution in [2.75, 3.05) is 26.6 Å². The third-order valence-corrected chi connectivity index (χ3v) is 3.77. The summed E-state index contributed by atoms with van der Waals surface area (Å²) < 4.78 is 15.8. The van der Waals surface area contributed by atoms with E-state index in [0.717, 1.165) is 0 Å². The van der Waals surface area contributed by atoms with E-state index in [1.165, 1.54) is 51.7 Å². The summed E-state index contributed by atoms with van der Waals surface area (Å²) in [6.45, 7) is 0. The monoisotopic (exact) mass is 382 g/mol. The molecule has 1 amide bonds. The molecule has 144 valence electrons. The number of carbonyl (C=O) groups is 2. The number of anilines is 1. The number of ether oxygens (including phenoxy) is 3. The van der Waals surface area contributed by atoms with E-state index in [4.69, 9.17) is 19.3 Å². The van der Waals surface area contributed by atoms with Crippen LogP contribution in [0.2, 0.25) is 0 Å². The number of hydrogen-bond acceptors (Lipinski definition) is 6. The number of hydrogen-bond donors (Lipinski definition) is 2. The van der Waals surface area contributed by atoms with Crippen molar-refractivity contribution in [1.29, 1.82) is 5.26 Å². The Bertz CT molecular complexity index is 975. The summed E-state index contributed by atoms with van der Waals surface area (Å²) in [6.07, 6.45) is 1.34. The van der Waals surface area contributed by atoms with Crippen LogP contribution in [0, 0.1) is 11.3 Å². The molecule has 0 fully saturated rings. The molecular weight excluding hydrogens is 364 g/mol. The maximum absolute atomic E-state index is 12.5. The summed E-state index contributed by atoms with van der Waals surface area (Å²) in [5, 5.41) is 20.9. The van der Waals surface area contributed by atoms with Gasteiger partial charge in [-0.05, 0) is 36.4 Å². The maximum Gasteiger partial charge on any atom is 0.335 e. The van der Waals surface area contributed by atoms with E-state index in [9.17, 15) is 14.9 Å². The van der Waals surface area contributed by atoms with Crippen LogP contribution in [0.15, 0.2) is 42.0 Å². The first-order valence-corrected chi connectivity index (χ1v) is 8.00. The molecule has 0 heterocycles. The van der Waals surface area contributed by atoms with Gasteiger partial charge in [0.2, 0.25) is 5.75 Å². The zero-order valence-electron chi connectivity index (χ0n) is 15.5. The number of aromatic carboxylic acids is 1. The van der Waals surface area contributed by atoms with Gasteiger partial charge in [0.15, 0.2) is 11.5 Å². The minimum atomic E-state index is -1.12. The largest absolute Gasteiger partial charge is 0.493 e. The number of carboxylic acids is 1. The summed E-state index contributed by atoms with van der Waals surface area (Å²) in [6, 6.07) is 10.8. The lowest BCUT2D eigenvalue weighted by atomic mass is 10.1. The third-order valence-electron chi connectivity index (χ3n) is 3.77. The van der Waals surface area contributed by atoms with E-state index in [0.29, 0.717) is 22.8 Å². The zero-order chi connectivity index (χ0) is 20.7. The van der Waals surface area contributed by atoms with Gasteiger partial charge in [-0.25, -0.2) is 4.79 Å². The lowest BCUT2D eigenvalue weighted by molar-refractivity contribution is -0.112. The van der Waals surface area contributed by atoms with E-state index < -0.39 is 11.9 Å². The van der Waals surface area contributed by atoms with Gasteiger partial charge in [0, 0.05) is 11.3 Å². The van der Waals surface area contributed by atoms with Crippen LogP contribution < -0.4 is 19.5 Å². The van der Waals surface area contributed by atoms with Gasteiger partial charge < -0.3 is 24.6 Å². The molecule has 0 aliphatic rings. The second-order valence-electron chi connectivity index (χ2n) is 5.43. The topological polar surface area (TPSA) is 118 Å². The molecule has 0 aliphatic heterocycles. The minimum absolute atomic E-state index is 0.0156. The van der Waals surface area contributed by atoms with Crippen molar-refractivity contribution in [2.45, 2.75) is 0 Å². The molecule has 28 heavy (non-hydrogen) atoms. The normalized spacial score (nSPS) is 10.6. The highest BCUT2D eigenvalue weighted by Gasteiger charge is 2.17. The molecule has 2 aromatic rings. The van der Waals surface area contributed by atoms with Crippen molar-refractivity contribution >= 4 is 23.6 Å². The first-order valence-electron chi connectivity index (χ1n) is 8.00. The zero-order valence-corrected chi connectivity index (χ0v) is 15.5. The summed E-state index contributed by atoms with van der Waals surface area (Å²) >= 11 is 0. The van der Waals surface area contributed by atoms with E-state index in [-0.39, 0.29) is 16.8 Å². The predicted molar refractivity (Wildman–Crippen MR) is 102 cm³/mol. The Morgan fingerprint density at radius 2 is 1.79 bits per heavy atom. The molecule has 0 atom stereocenters. The van der Waals surface area contributed by atoms with Crippen molar-refractivity contribution in [1.82, 2.24) is 0 Å². The van der Waals surface area contributed by atoms with Crippen LogP contribution in [0.5, 0.6) is 17.2 Å². The summed E-state index contributed by atoms with van der Waals surface area (Å²) in [5.74, 6) is -0.755. The Hall–Kier alpha value is -3.99. The molecule has 0 saturated carbocycles. The van der Waals surface area contributed by atoms with Gasteiger partial charge in [0.05, 0.1) is 26.9 Å². The average Bonchev–Trinajstić information content (AvgIpc) is 2.71. The highest BCUT2D eigenvalue weighted by atomic mass is 16.5. The predicted octanol–water partition coefficient (Wildman–Crippen LogP) is 2.96. The second-order valence-corrected chi connectivity index (χ2v) is 5.43. The highest BCUT2D eigenvalue weighted by Crippen LogP contribution is 2.40. The van der Waals surface area contributed by atoms with Crippen molar-refractivity contribution in [3.8, 4) is 23.3 Å². The number of carboxylic acid groups (broad SMARTS) is 1. The molecular formula is C20H18N2O6. The Kier molecular flexibility index (Phi) is 6.60. The molecule has 0 radical (unpaired) electrons. The molecule has 2 N–H and O–H groups in total. The molecule has 0 unspecified atom stereocenters. The molecule has 0 aromatic heterocycles. The summed E-state index contributed by atoms with van der Waals surface area (Å²) in [7, 11) is 4.35. The molecule has 8 heteroatoms. The molecule has 0 aliphatic carbocycles. The minimum Gasteiger partial charge on any atom is -0.493 e. The SMILES string of the molecule is COc1ccc(/C=C(/C#N)C(=O)Nc2cccc(C(=O)O)c2)c(OC)c1OC. The smallest absolute Gasteiger partial charge is 0.335 e. The van der Waals surface area contributed by atoms with Gasteiger partial charge in [-0.15, -0.1) is 0 Å². The Balaban J connectivity index is 2.38. The van der Waals surface area contributed by atoms with E-state index in [1.54, 1.807) is 12.1 Å². The van der Waals surface area contributed by atoms with Crippen LogP contribution in [0.1, 0.15) is 15.9 Å². The van der Waals surface area contributed by atoms with Crippen LogP contribution in [0.3, 0.4) is 0 Å². The maximum atomic E-state index is 12.5. The van der Waals surface area contributed by atoms with Crippen LogP contribution in [0.4, 0.5) is 5.69 Å². The quantitative estimate of drug-likeness (QED) is 0.558. The van der Waals surface area contributed by atoms with Gasteiger partial charge >= 0.3 is 5.97 Å². The van der Waals surface area contributed by atoms with Crippen LogP contribution >= 0.6 is 0 Å². The number of nitrogens with zero attached hydrogens (tertiary/aromatic N) is 1. The van der Waals surface area contributed by atoms with Crippen molar-refractivity contribution in [3.63, 3.8) is 0 Å². The number of amides is 1. The Labute approximate surface area is 161 Å². The molecule has 0 saturated heterocycles. The average molecular weight is 382 g/mol. The molecule has 0 bridgehead atoms. The second kappa shape index (κ2) is 9.09. The van der Waals surface area contributed by atoms with Crippen LogP contribution in [-0.2, 0) is 4.79 Å².